The highest BCUT2D eigenvalue weighted by molar-refractivity contribution is 5.79. The van der Waals surface area contributed by atoms with Crippen LogP contribution in [0, 0.1) is 0 Å². The molecule has 1 N–H and O–H groups in total. The molecule has 0 bridgehead atoms. The third kappa shape index (κ3) is 6.44. The first-order valence-corrected chi connectivity index (χ1v) is 12.6. The number of aliphatic carboxylic acids is 1. The molecule has 0 saturated carbocycles. The lowest BCUT2D eigenvalue weighted by molar-refractivity contribution is -0.137. The molecule has 0 heterocycles. The first-order valence-electron chi connectivity index (χ1n) is 12.6. The summed E-state index contributed by atoms with van der Waals surface area (Å²) in [5.41, 5.74) is 5.46. The number of methoxy groups -OCH3 is 2. The Hall–Kier alpha value is -4.04. The van der Waals surface area contributed by atoms with E-state index in [-0.39, 0.29) is 32.1 Å². The Balaban J connectivity index is 1.43. The molecule has 3 aromatic rings. The van der Waals surface area contributed by atoms with Crippen LogP contribution in [0.5, 0.6) is 11.5 Å². The van der Waals surface area contributed by atoms with E-state index in [2.05, 4.69) is 24.3 Å². The van der Waals surface area contributed by atoms with Crippen LogP contribution < -0.4 is 9.47 Å². The smallest absolute Gasteiger partial charge is 0.410 e. The minimum atomic E-state index is -0.856. The van der Waals surface area contributed by atoms with Crippen molar-refractivity contribution in [3.63, 3.8) is 0 Å². The van der Waals surface area contributed by atoms with E-state index in [1.165, 1.54) is 11.1 Å². The van der Waals surface area contributed by atoms with E-state index >= 15 is 0 Å². The number of nitrogens with zero attached hydrogens (tertiary/aromatic N) is 1. The van der Waals surface area contributed by atoms with Crippen molar-refractivity contribution in [2.75, 3.05) is 40.6 Å². The number of rotatable bonds is 13. The highest BCUT2D eigenvalue weighted by atomic mass is 16.6. The first-order chi connectivity index (χ1) is 18.5. The van der Waals surface area contributed by atoms with Crippen LogP contribution in [-0.4, -0.2) is 62.7 Å². The number of ether oxygens (including phenoxy) is 4. The molecule has 0 unspecified atom stereocenters. The molecule has 0 fully saturated rings. The second-order valence-corrected chi connectivity index (χ2v) is 9.04. The summed E-state index contributed by atoms with van der Waals surface area (Å²) in [5.74, 6) is 0.254. The van der Waals surface area contributed by atoms with Gasteiger partial charge >= 0.3 is 12.1 Å². The van der Waals surface area contributed by atoms with Crippen LogP contribution in [0.2, 0.25) is 0 Å². The van der Waals surface area contributed by atoms with Crippen molar-refractivity contribution in [1.29, 1.82) is 0 Å². The van der Waals surface area contributed by atoms with Crippen LogP contribution >= 0.6 is 0 Å². The van der Waals surface area contributed by atoms with E-state index in [9.17, 15) is 9.59 Å². The Bertz CT molecular complexity index is 1210. The predicted octanol–water partition coefficient (Wildman–Crippen LogP) is 5.34. The number of hydrogen-bond donors (Lipinski definition) is 1. The Morgan fingerprint density at radius 1 is 0.921 bits per heavy atom. The molecule has 38 heavy (non-hydrogen) atoms. The summed E-state index contributed by atoms with van der Waals surface area (Å²) in [6.45, 7) is 1.49. The van der Waals surface area contributed by atoms with Crippen molar-refractivity contribution in [2.24, 2.45) is 0 Å². The van der Waals surface area contributed by atoms with Crippen molar-refractivity contribution < 1.29 is 33.6 Å². The maximum atomic E-state index is 13.3. The molecule has 0 radical (unpaired) electrons. The van der Waals surface area contributed by atoms with Gasteiger partial charge in [-0.15, -0.1) is 0 Å². The standard InChI is InChI=1S/C30H33NO7/c1-35-17-15-31(19-21-13-14-22(18-28(21)36-2)37-16-7-12-29(32)33)30(34)38-20-27-25-10-5-3-8-23(25)24-9-4-6-11-26(24)27/h3-6,8-11,13-14,18,27H,7,12,15-17,19-20H2,1-2H3,(H,32,33). The lowest BCUT2D eigenvalue weighted by Gasteiger charge is -2.24. The number of benzene rings is 3. The average Bonchev–Trinajstić information content (AvgIpc) is 3.26. The van der Waals surface area contributed by atoms with E-state index in [0.717, 1.165) is 16.7 Å². The van der Waals surface area contributed by atoms with Gasteiger partial charge in [0, 0.05) is 37.6 Å². The fourth-order valence-electron chi connectivity index (χ4n) is 4.69. The highest BCUT2D eigenvalue weighted by Crippen LogP contribution is 2.44. The van der Waals surface area contributed by atoms with Crippen LogP contribution in [-0.2, 0) is 20.8 Å². The topological polar surface area (TPSA) is 94.5 Å². The summed E-state index contributed by atoms with van der Waals surface area (Å²) in [6.07, 6.45) is 0.0236. The van der Waals surface area contributed by atoms with Gasteiger partial charge in [-0.2, -0.15) is 0 Å². The van der Waals surface area contributed by atoms with E-state index < -0.39 is 12.1 Å². The third-order valence-electron chi connectivity index (χ3n) is 6.58. The van der Waals surface area contributed by atoms with Gasteiger partial charge in [-0.05, 0) is 40.8 Å². The second kappa shape index (κ2) is 13.0. The average molecular weight is 520 g/mol. The van der Waals surface area contributed by atoms with Crippen LogP contribution in [0.25, 0.3) is 11.1 Å². The van der Waals surface area contributed by atoms with Crippen LogP contribution in [0.1, 0.15) is 35.4 Å². The zero-order chi connectivity index (χ0) is 26.9. The number of carboxylic acid groups (broad SMARTS) is 1. The number of amides is 1. The molecule has 0 saturated heterocycles. The molecular weight excluding hydrogens is 486 g/mol. The minimum absolute atomic E-state index is 0.0253. The maximum Gasteiger partial charge on any atom is 0.410 e. The molecule has 0 spiro atoms. The van der Waals surface area contributed by atoms with Gasteiger partial charge in [-0.25, -0.2) is 4.79 Å². The molecule has 0 atom stereocenters. The number of hydrogen-bond acceptors (Lipinski definition) is 6. The summed E-state index contributed by atoms with van der Waals surface area (Å²) in [7, 11) is 3.15. The van der Waals surface area contributed by atoms with Gasteiger partial charge < -0.3 is 29.0 Å². The van der Waals surface area contributed by atoms with Crippen molar-refractivity contribution in [2.45, 2.75) is 25.3 Å². The molecule has 8 heteroatoms. The lowest BCUT2D eigenvalue weighted by atomic mass is 9.98. The molecular formula is C30H33NO7. The molecule has 1 aliphatic rings. The van der Waals surface area contributed by atoms with E-state index in [0.29, 0.717) is 31.1 Å². The third-order valence-corrected chi connectivity index (χ3v) is 6.58. The lowest BCUT2D eigenvalue weighted by Crippen LogP contribution is -2.34. The Morgan fingerprint density at radius 2 is 1.61 bits per heavy atom. The van der Waals surface area contributed by atoms with Gasteiger partial charge in [0.25, 0.3) is 0 Å². The molecule has 3 aromatic carbocycles. The van der Waals surface area contributed by atoms with Crippen molar-refractivity contribution in [1.82, 2.24) is 4.90 Å². The quantitative estimate of drug-likeness (QED) is 0.305. The molecule has 4 rings (SSSR count). The minimum Gasteiger partial charge on any atom is -0.496 e. The number of fused-ring (bicyclic) bond motifs is 3. The van der Waals surface area contributed by atoms with E-state index in [4.69, 9.17) is 24.1 Å². The van der Waals surface area contributed by atoms with Gasteiger partial charge in [0.15, 0.2) is 0 Å². The van der Waals surface area contributed by atoms with E-state index in [1.807, 2.05) is 30.3 Å². The second-order valence-electron chi connectivity index (χ2n) is 9.04. The fourth-order valence-corrected chi connectivity index (χ4v) is 4.69. The summed E-state index contributed by atoms with van der Waals surface area (Å²) < 4.78 is 22.3. The predicted molar refractivity (Wildman–Crippen MR) is 143 cm³/mol. The maximum absolute atomic E-state index is 13.3. The van der Waals surface area contributed by atoms with Crippen molar-refractivity contribution >= 4 is 12.1 Å². The summed E-state index contributed by atoms with van der Waals surface area (Å²) in [4.78, 5) is 25.6. The van der Waals surface area contributed by atoms with Crippen molar-refractivity contribution in [3.8, 4) is 22.6 Å². The monoisotopic (exact) mass is 519 g/mol. The normalized spacial score (nSPS) is 11.9. The largest absolute Gasteiger partial charge is 0.496 e. The highest BCUT2D eigenvalue weighted by Gasteiger charge is 2.30. The summed E-state index contributed by atoms with van der Waals surface area (Å²) >= 11 is 0. The summed E-state index contributed by atoms with van der Waals surface area (Å²) in [5, 5.41) is 8.78. The molecule has 200 valence electrons. The van der Waals surface area contributed by atoms with Gasteiger partial charge in [0.2, 0.25) is 0 Å². The van der Waals surface area contributed by atoms with E-state index in [1.54, 1.807) is 31.3 Å². The number of carbonyl (C=O) groups is 2. The fraction of sp³-hybridized carbons (Fsp3) is 0.333. The Morgan fingerprint density at radius 3 is 2.24 bits per heavy atom. The number of carboxylic acids is 1. The molecule has 0 aromatic heterocycles. The SMILES string of the molecule is COCCN(Cc1ccc(OCCCC(=O)O)cc1OC)C(=O)OCC1c2ccccc2-c2ccccc21. The Kier molecular flexibility index (Phi) is 9.21. The van der Waals surface area contributed by atoms with Crippen LogP contribution in [0.4, 0.5) is 4.79 Å². The van der Waals surface area contributed by atoms with Gasteiger partial charge in [-0.1, -0.05) is 48.5 Å². The molecule has 1 amide bonds. The Labute approximate surface area is 222 Å². The van der Waals surface area contributed by atoms with Crippen LogP contribution in [0.15, 0.2) is 66.7 Å². The summed E-state index contributed by atoms with van der Waals surface area (Å²) in [6, 6.07) is 21.8. The van der Waals surface area contributed by atoms with Gasteiger partial charge in [0.1, 0.15) is 18.1 Å². The van der Waals surface area contributed by atoms with Gasteiger partial charge in [0.05, 0.1) is 26.9 Å². The molecule has 1 aliphatic carbocycles. The van der Waals surface area contributed by atoms with Crippen molar-refractivity contribution in [3.05, 3.63) is 83.4 Å². The van der Waals surface area contributed by atoms with Gasteiger partial charge in [-0.3, -0.25) is 4.79 Å². The first kappa shape index (κ1) is 27.0. The number of carbonyl (C=O) groups excluding carboxylic acids is 1. The molecule has 0 aliphatic heterocycles. The zero-order valence-corrected chi connectivity index (χ0v) is 21.7. The molecule has 8 nitrogen and oxygen atoms in total. The van der Waals surface area contributed by atoms with Crippen LogP contribution in [0.3, 0.4) is 0 Å². The zero-order valence-electron chi connectivity index (χ0n) is 21.7.